The molecule has 0 spiro atoms. The summed E-state index contributed by atoms with van der Waals surface area (Å²) < 4.78 is 0. The summed E-state index contributed by atoms with van der Waals surface area (Å²) in [5, 5.41) is 2.71. The fraction of sp³-hybridized carbons (Fsp3) is 0.250. The molecule has 0 atom stereocenters. The Labute approximate surface area is 110 Å². The molecular formula is C12H14ClN3S. The highest BCUT2D eigenvalue weighted by atomic mass is 35.5. The average Bonchev–Trinajstić information content (AvgIpc) is 2.81. The van der Waals surface area contributed by atoms with E-state index in [9.17, 15) is 0 Å². The van der Waals surface area contributed by atoms with Gasteiger partial charge in [-0.05, 0) is 23.1 Å². The lowest BCUT2D eigenvalue weighted by Gasteiger charge is -2.18. The van der Waals surface area contributed by atoms with Gasteiger partial charge in [-0.25, -0.2) is 4.98 Å². The first-order valence-corrected chi connectivity index (χ1v) is 6.54. The van der Waals surface area contributed by atoms with Crippen LogP contribution in [-0.4, -0.2) is 12.0 Å². The Hall–Kier alpha value is -1.10. The van der Waals surface area contributed by atoms with Gasteiger partial charge < -0.3 is 10.6 Å². The number of halogens is 1. The van der Waals surface area contributed by atoms with Crippen LogP contribution in [0.3, 0.4) is 0 Å². The topological polar surface area (TPSA) is 42.2 Å². The zero-order valence-corrected chi connectivity index (χ0v) is 11.1. The van der Waals surface area contributed by atoms with Crippen LogP contribution < -0.4 is 10.6 Å². The van der Waals surface area contributed by atoms with Crippen LogP contribution in [0, 0.1) is 0 Å². The molecule has 3 nitrogen and oxygen atoms in total. The standard InChI is InChI=1S/C12H14ClN3S/c1-16(8-10-3-2-4-17-10)12-11(13)5-9(6-14)7-15-12/h2-5,7H,6,8,14H2,1H3. The Morgan fingerprint density at radius 3 is 2.94 bits per heavy atom. The maximum absolute atomic E-state index is 6.19. The van der Waals surface area contributed by atoms with Gasteiger partial charge in [-0.3, -0.25) is 0 Å². The van der Waals surface area contributed by atoms with Gasteiger partial charge in [0.05, 0.1) is 11.6 Å². The van der Waals surface area contributed by atoms with Crippen molar-refractivity contribution in [3.05, 3.63) is 45.2 Å². The molecule has 0 amide bonds. The van der Waals surface area contributed by atoms with Gasteiger partial charge in [0, 0.05) is 24.7 Å². The van der Waals surface area contributed by atoms with Crippen LogP contribution in [-0.2, 0) is 13.1 Å². The molecule has 5 heteroatoms. The molecule has 0 aromatic carbocycles. The molecule has 0 bridgehead atoms. The first-order valence-electron chi connectivity index (χ1n) is 5.28. The van der Waals surface area contributed by atoms with Gasteiger partial charge >= 0.3 is 0 Å². The van der Waals surface area contributed by atoms with E-state index < -0.39 is 0 Å². The molecule has 0 aliphatic rings. The van der Waals surface area contributed by atoms with E-state index in [0.717, 1.165) is 17.9 Å². The molecule has 0 unspecified atom stereocenters. The van der Waals surface area contributed by atoms with Crippen LogP contribution in [0.2, 0.25) is 5.02 Å². The maximum Gasteiger partial charge on any atom is 0.147 e. The van der Waals surface area contributed by atoms with Gasteiger partial charge in [0.1, 0.15) is 5.82 Å². The lowest BCUT2D eigenvalue weighted by atomic mass is 10.3. The number of thiophene rings is 1. The smallest absolute Gasteiger partial charge is 0.147 e. The van der Waals surface area contributed by atoms with Crippen molar-refractivity contribution >= 4 is 28.8 Å². The second kappa shape index (κ2) is 5.49. The van der Waals surface area contributed by atoms with Crippen molar-refractivity contribution in [1.82, 2.24) is 4.98 Å². The lowest BCUT2D eigenvalue weighted by molar-refractivity contribution is 0.907. The highest BCUT2D eigenvalue weighted by molar-refractivity contribution is 7.09. The predicted octanol–water partition coefficient (Wildman–Crippen LogP) is 2.89. The third kappa shape index (κ3) is 2.97. The Balaban J connectivity index is 2.16. The molecule has 17 heavy (non-hydrogen) atoms. The highest BCUT2D eigenvalue weighted by Gasteiger charge is 2.09. The maximum atomic E-state index is 6.19. The van der Waals surface area contributed by atoms with Gasteiger partial charge in [-0.15, -0.1) is 11.3 Å². The van der Waals surface area contributed by atoms with E-state index in [1.54, 1.807) is 17.5 Å². The monoisotopic (exact) mass is 267 g/mol. The van der Waals surface area contributed by atoms with E-state index in [-0.39, 0.29) is 0 Å². The van der Waals surface area contributed by atoms with Crippen LogP contribution in [0.4, 0.5) is 5.82 Å². The summed E-state index contributed by atoms with van der Waals surface area (Å²) in [6, 6.07) is 6.01. The van der Waals surface area contributed by atoms with Crippen molar-refractivity contribution in [1.29, 1.82) is 0 Å². The van der Waals surface area contributed by atoms with E-state index >= 15 is 0 Å². The summed E-state index contributed by atoms with van der Waals surface area (Å²) in [4.78, 5) is 7.67. The molecule has 2 heterocycles. The number of aromatic nitrogens is 1. The number of hydrogen-bond donors (Lipinski definition) is 1. The number of anilines is 1. The van der Waals surface area contributed by atoms with Crippen molar-refractivity contribution < 1.29 is 0 Å². The number of pyridine rings is 1. The van der Waals surface area contributed by atoms with E-state index in [1.165, 1.54) is 4.88 Å². The summed E-state index contributed by atoms with van der Waals surface area (Å²) in [6.07, 6.45) is 1.77. The summed E-state index contributed by atoms with van der Waals surface area (Å²) >= 11 is 7.91. The molecule has 0 radical (unpaired) electrons. The Morgan fingerprint density at radius 1 is 1.53 bits per heavy atom. The summed E-state index contributed by atoms with van der Waals surface area (Å²) in [7, 11) is 1.98. The number of nitrogens with two attached hydrogens (primary N) is 1. The molecule has 2 aromatic heterocycles. The molecule has 0 aliphatic carbocycles. The zero-order valence-electron chi connectivity index (χ0n) is 9.56. The molecule has 0 saturated heterocycles. The van der Waals surface area contributed by atoms with Crippen molar-refractivity contribution in [3.8, 4) is 0 Å². The molecule has 0 aliphatic heterocycles. The minimum absolute atomic E-state index is 0.460. The third-order valence-corrected chi connectivity index (χ3v) is 3.59. The Bertz CT molecular complexity index is 485. The number of rotatable bonds is 4. The van der Waals surface area contributed by atoms with Gasteiger partial charge in [-0.2, -0.15) is 0 Å². The van der Waals surface area contributed by atoms with Crippen molar-refractivity contribution in [3.63, 3.8) is 0 Å². The van der Waals surface area contributed by atoms with E-state index in [1.807, 2.05) is 24.1 Å². The summed E-state index contributed by atoms with van der Waals surface area (Å²) in [5.74, 6) is 0.789. The van der Waals surface area contributed by atoms with Crippen LogP contribution >= 0.6 is 22.9 Å². The van der Waals surface area contributed by atoms with Crippen molar-refractivity contribution in [2.45, 2.75) is 13.1 Å². The highest BCUT2D eigenvalue weighted by Crippen LogP contribution is 2.25. The number of nitrogens with zero attached hydrogens (tertiary/aromatic N) is 2. The number of hydrogen-bond acceptors (Lipinski definition) is 4. The SMILES string of the molecule is CN(Cc1cccs1)c1ncc(CN)cc1Cl. The molecule has 90 valence electrons. The average molecular weight is 268 g/mol. The van der Waals surface area contributed by atoms with Crippen LogP contribution in [0.5, 0.6) is 0 Å². The van der Waals surface area contributed by atoms with Crippen molar-refractivity contribution in [2.75, 3.05) is 11.9 Å². The van der Waals surface area contributed by atoms with Gasteiger partial charge in [-0.1, -0.05) is 17.7 Å². The van der Waals surface area contributed by atoms with Gasteiger partial charge in [0.25, 0.3) is 0 Å². The molecular weight excluding hydrogens is 254 g/mol. The molecule has 0 fully saturated rings. The predicted molar refractivity (Wildman–Crippen MR) is 73.6 cm³/mol. The summed E-state index contributed by atoms with van der Waals surface area (Å²) in [5.41, 5.74) is 6.49. The fourth-order valence-electron chi connectivity index (χ4n) is 1.57. The fourth-order valence-corrected chi connectivity index (χ4v) is 2.66. The largest absolute Gasteiger partial charge is 0.353 e. The van der Waals surface area contributed by atoms with Crippen LogP contribution in [0.15, 0.2) is 29.8 Å². The van der Waals surface area contributed by atoms with Crippen LogP contribution in [0.25, 0.3) is 0 Å². The third-order valence-electron chi connectivity index (χ3n) is 2.45. The van der Waals surface area contributed by atoms with Crippen molar-refractivity contribution in [2.24, 2.45) is 5.73 Å². The van der Waals surface area contributed by atoms with Crippen LogP contribution in [0.1, 0.15) is 10.4 Å². The minimum Gasteiger partial charge on any atom is -0.353 e. The molecule has 2 aromatic rings. The lowest BCUT2D eigenvalue weighted by Crippen LogP contribution is -2.17. The summed E-state index contributed by atoms with van der Waals surface area (Å²) in [6.45, 7) is 1.27. The molecule has 2 rings (SSSR count). The van der Waals surface area contributed by atoms with E-state index in [0.29, 0.717) is 11.6 Å². The van der Waals surface area contributed by atoms with E-state index in [4.69, 9.17) is 17.3 Å². The molecule has 0 saturated carbocycles. The molecule has 2 N–H and O–H groups in total. The van der Waals surface area contributed by atoms with E-state index in [2.05, 4.69) is 16.4 Å². The van der Waals surface area contributed by atoms with Gasteiger partial charge in [0.2, 0.25) is 0 Å². The minimum atomic E-state index is 0.460. The van der Waals surface area contributed by atoms with Gasteiger partial charge in [0.15, 0.2) is 0 Å². The Morgan fingerprint density at radius 2 is 2.35 bits per heavy atom. The second-order valence-electron chi connectivity index (χ2n) is 3.79. The normalized spacial score (nSPS) is 10.5. The quantitative estimate of drug-likeness (QED) is 0.926. The zero-order chi connectivity index (χ0) is 12.3. The first-order chi connectivity index (χ1) is 8.20. The first kappa shape index (κ1) is 12.4. The second-order valence-corrected chi connectivity index (χ2v) is 5.23. The Kier molecular flexibility index (Phi) is 3.99.